The Bertz CT molecular complexity index is 94.9. The Hall–Kier alpha value is -0.0800. The molecule has 1 aliphatic rings. The summed E-state index contributed by atoms with van der Waals surface area (Å²) in [6, 6.07) is 1.03. The first-order chi connectivity index (χ1) is 4.20. The molecule has 1 aliphatic heterocycles. The number of nitrogens with one attached hydrogen (secondary N) is 1. The Balaban J connectivity index is 2.35. The van der Waals surface area contributed by atoms with E-state index < -0.39 is 0 Å². The molecule has 1 rings (SSSR count). The lowest BCUT2D eigenvalue weighted by molar-refractivity contribution is -0.00764. The van der Waals surface area contributed by atoms with Gasteiger partial charge in [0, 0.05) is 12.1 Å². The number of hydrogen-bond donors (Lipinski definition) is 1. The predicted octanol–water partition coefficient (Wildman–Crippen LogP) is 0.772. The second-order valence-electron chi connectivity index (χ2n) is 2.89. The van der Waals surface area contributed by atoms with Crippen LogP contribution in [0.2, 0.25) is 0 Å². The molecule has 1 fully saturated rings. The van der Waals surface area contributed by atoms with E-state index in [0.717, 1.165) is 6.61 Å². The largest absolute Gasteiger partial charge is 0.375 e. The minimum atomic E-state index is 0.376. The van der Waals surface area contributed by atoms with E-state index in [0.29, 0.717) is 18.2 Å². The van der Waals surface area contributed by atoms with Gasteiger partial charge in [0.1, 0.15) is 0 Å². The molecule has 9 heavy (non-hydrogen) atoms. The molecule has 2 heteroatoms. The van der Waals surface area contributed by atoms with Crippen LogP contribution in [0.5, 0.6) is 0 Å². The van der Waals surface area contributed by atoms with Crippen molar-refractivity contribution in [2.24, 2.45) is 0 Å². The van der Waals surface area contributed by atoms with E-state index in [2.05, 4.69) is 26.1 Å². The first kappa shape index (κ1) is 7.03. The standard InChI is InChI=1S/C7H15NO/c1-5-4-9-7(3)6(2)8-5/h5-8H,4H2,1-3H3/t5-,6+,7+/m1/s1. The summed E-state index contributed by atoms with van der Waals surface area (Å²) in [5.41, 5.74) is 0. The molecule has 2 nitrogen and oxygen atoms in total. The molecule has 0 aromatic heterocycles. The van der Waals surface area contributed by atoms with Crippen molar-refractivity contribution in [2.75, 3.05) is 6.61 Å². The summed E-state index contributed by atoms with van der Waals surface area (Å²) in [6.45, 7) is 7.25. The first-order valence-electron chi connectivity index (χ1n) is 3.58. The lowest BCUT2D eigenvalue weighted by Crippen LogP contribution is -2.50. The molecule has 0 spiro atoms. The third-order valence-electron chi connectivity index (χ3n) is 1.86. The molecule has 0 aromatic carbocycles. The van der Waals surface area contributed by atoms with Crippen molar-refractivity contribution in [3.05, 3.63) is 0 Å². The normalized spacial score (nSPS) is 45.0. The fourth-order valence-electron chi connectivity index (χ4n) is 1.07. The second-order valence-corrected chi connectivity index (χ2v) is 2.89. The van der Waals surface area contributed by atoms with E-state index >= 15 is 0 Å². The summed E-state index contributed by atoms with van der Waals surface area (Å²) in [4.78, 5) is 0. The summed E-state index contributed by atoms with van der Waals surface area (Å²) < 4.78 is 5.44. The zero-order valence-corrected chi connectivity index (χ0v) is 6.35. The van der Waals surface area contributed by atoms with E-state index in [1.54, 1.807) is 0 Å². The van der Waals surface area contributed by atoms with Gasteiger partial charge in [0.05, 0.1) is 12.7 Å². The number of ether oxygens (including phenoxy) is 1. The molecule has 0 aliphatic carbocycles. The van der Waals surface area contributed by atoms with Gasteiger partial charge in [-0.15, -0.1) is 0 Å². The molecule has 0 saturated carbocycles. The molecule has 0 aromatic rings. The van der Waals surface area contributed by atoms with Crippen LogP contribution in [0.4, 0.5) is 0 Å². The molecule has 1 N–H and O–H groups in total. The highest BCUT2D eigenvalue weighted by Crippen LogP contribution is 2.05. The van der Waals surface area contributed by atoms with E-state index in [9.17, 15) is 0 Å². The molecule has 0 bridgehead atoms. The second kappa shape index (κ2) is 2.67. The van der Waals surface area contributed by atoms with Crippen LogP contribution >= 0.6 is 0 Å². The van der Waals surface area contributed by atoms with Crippen LogP contribution in [-0.4, -0.2) is 24.8 Å². The van der Waals surface area contributed by atoms with Gasteiger partial charge < -0.3 is 10.1 Å². The van der Waals surface area contributed by atoms with Crippen LogP contribution in [0.15, 0.2) is 0 Å². The molecule has 0 radical (unpaired) electrons. The number of morpholine rings is 1. The Labute approximate surface area is 56.6 Å². The summed E-state index contributed by atoms with van der Waals surface area (Å²) in [6.07, 6.45) is 0.376. The van der Waals surface area contributed by atoms with Crippen LogP contribution in [0.1, 0.15) is 20.8 Å². The summed E-state index contributed by atoms with van der Waals surface area (Å²) >= 11 is 0. The molecule has 3 atom stereocenters. The Morgan fingerprint density at radius 3 is 2.44 bits per heavy atom. The number of rotatable bonds is 0. The highest BCUT2D eigenvalue weighted by Gasteiger charge is 2.20. The zero-order chi connectivity index (χ0) is 6.85. The minimum absolute atomic E-state index is 0.376. The highest BCUT2D eigenvalue weighted by molar-refractivity contribution is 4.77. The van der Waals surface area contributed by atoms with Crippen molar-refractivity contribution in [1.82, 2.24) is 5.32 Å². The quantitative estimate of drug-likeness (QED) is 0.521. The van der Waals surface area contributed by atoms with Crippen LogP contribution in [-0.2, 0) is 4.74 Å². The Kier molecular flexibility index (Phi) is 2.09. The van der Waals surface area contributed by atoms with Crippen LogP contribution < -0.4 is 5.32 Å². The lowest BCUT2D eigenvalue weighted by Gasteiger charge is -2.31. The molecular weight excluding hydrogens is 114 g/mol. The zero-order valence-electron chi connectivity index (χ0n) is 6.35. The maximum atomic E-state index is 5.44. The molecule has 0 unspecified atom stereocenters. The van der Waals surface area contributed by atoms with Crippen molar-refractivity contribution >= 4 is 0 Å². The van der Waals surface area contributed by atoms with E-state index in [1.807, 2.05) is 0 Å². The van der Waals surface area contributed by atoms with Gasteiger partial charge in [0.2, 0.25) is 0 Å². The van der Waals surface area contributed by atoms with Gasteiger partial charge in [0.15, 0.2) is 0 Å². The summed E-state index contributed by atoms with van der Waals surface area (Å²) in [5.74, 6) is 0. The van der Waals surface area contributed by atoms with Crippen molar-refractivity contribution in [2.45, 2.75) is 39.0 Å². The van der Waals surface area contributed by atoms with Gasteiger partial charge in [-0.2, -0.15) is 0 Å². The fraction of sp³-hybridized carbons (Fsp3) is 1.00. The SMILES string of the molecule is C[C@@H]1CO[C@@H](C)[C@H](C)N1. The maximum Gasteiger partial charge on any atom is 0.0698 e. The monoisotopic (exact) mass is 129 g/mol. The van der Waals surface area contributed by atoms with Gasteiger partial charge in [-0.25, -0.2) is 0 Å². The van der Waals surface area contributed by atoms with Crippen LogP contribution in [0, 0.1) is 0 Å². The van der Waals surface area contributed by atoms with Crippen molar-refractivity contribution in [1.29, 1.82) is 0 Å². The lowest BCUT2D eigenvalue weighted by atomic mass is 10.1. The first-order valence-corrected chi connectivity index (χ1v) is 3.58. The third kappa shape index (κ3) is 1.66. The average molecular weight is 129 g/mol. The van der Waals surface area contributed by atoms with E-state index in [1.165, 1.54) is 0 Å². The summed E-state index contributed by atoms with van der Waals surface area (Å²) in [7, 11) is 0. The Morgan fingerprint density at radius 2 is 2.00 bits per heavy atom. The van der Waals surface area contributed by atoms with Crippen molar-refractivity contribution in [3.63, 3.8) is 0 Å². The highest BCUT2D eigenvalue weighted by atomic mass is 16.5. The fourth-order valence-corrected chi connectivity index (χ4v) is 1.07. The van der Waals surface area contributed by atoms with Gasteiger partial charge in [-0.05, 0) is 20.8 Å². The molecule has 0 amide bonds. The van der Waals surface area contributed by atoms with Gasteiger partial charge in [-0.3, -0.25) is 0 Å². The summed E-state index contributed by atoms with van der Waals surface area (Å²) in [5, 5.41) is 3.40. The molecular formula is C7H15NO. The third-order valence-corrected chi connectivity index (χ3v) is 1.86. The van der Waals surface area contributed by atoms with Crippen molar-refractivity contribution in [3.8, 4) is 0 Å². The van der Waals surface area contributed by atoms with Crippen molar-refractivity contribution < 1.29 is 4.74 Å². The topological polar surface area (TPSA) is 21.3 Å². The minimum Gasteiger partial charge on any atom is -0.375 e. The van der Waals surface area contributed by atoms with E-state index in [4.69, 9.17) is 4.74 Å². The molecule has 54 valence electrons. The maximum absolute atomic E-state index is 5.44. The van der Waals surface area contributed by atoms with Gasteiger partial charge >= 0.3 is 0 Å². The average Bonchev–Trinajstić information content (AvgIpc) is 1.80. The number of hydrogen-bond acceptors (Lipinski definition) is 2. The molecule has 1 heterocycles. The van der Waals surface area contributed by atoms with Gasteiger partial charge in [-0.1, -0.05) is 0 Å². The smallest absolute Gasteiger partial charge is 0.0698 e. The predicted molar refractivity (Wildman–Crippen MR) is 37.5 cm³/mol. The van der Waals surface area contributed by atoms with Gasteiger partial charge in [0.25, 0.3) is 0 Å². The Morgan fingerprint density at radius 1 is 1.33 bits per heavy atom. The van der Waals surface area contributed by atoms with Crippen LogP contribution in [0.25, 0.3) is 0 Å². The van der Waals surface area contributed by atoms with E-state index in [-0.39, 0.29) is 0 Å². The molecule has 1 saturated heterocycles. The van der Waals surface area contributed by atoms with Crippen LogP contribution in [0.3, 0.4) is 0 Å².